The lowest BCUT2D eigenvalue weighted by atomic mass is 10.0. The molecule has 3 amide bonds. The number of hydrogen-bond donors (Lipinski definition) is 2. The third-order valence-corrected chi connectivity index (χ3v) is 6.32. The second kappa shape index (κ2) is 6.42. The number of imide groups is 1. The first-order valence-corrected chi connectivity index (χ1v) is 9.82. The van der Waals surface area contributed by atoms with E-state index in [-0.39, 0.29) is 24.1 Å². The van der Waals surface area contributed by atoms with E-state index in [1.54, 1.807) is 4.90 Å². The number of rotatable bonds is 3. The summed E-state index contributed by atoms with van der Waals surface area (Å²) in [5.74, 6) is -0.685. The fraction of sp³-hybridized carbons (Fsp3) is 0.550. The van der Waals surface area contributed by atoms with E-state index in [1.165, 1.54) is 12.8 Å². The first-order chi connectivity index (χ1) is 13.1. The molecule has 4 aliphatic heterocycles. The van der Waals surface area contributed by atoms with E-state index in [9.17, 15) is 14.4 Å². The highest BCUT2D eigenvalue weighted by molar-refractivity contribution is 6.05. The molecule has 0 spiro atoms. The molecule has 3 unspecified atom stereocenters. The number of piperidine rings is 1. The summed E-state index contributed by atoms with van der Waals surface area (Å²) in [5.41, 5.74) is 2.79. The van der Waals surface area contributed by atoms with E-state index >= 15 is 0 Å². The molecule has 2 N–H and O–H groups in total. The van der Waals surface area contributed by atoms with Crippen molar-refractivity contribution in [2.45, 2.75) is 56.9 Å². The Morgan fingerprint density at radius 2 is 1.81 bits per heavy atom. The first kappa shape index (κ1) is 16.9. The Bertz CT molecular complexity index is 811. The lowest BCUT2D eigenvalue weighted by Crippen LogP contribution is -2.52. The van der Waals surface area contributed by atoms with Gasteiger partial charge >= 0.3 is 0 Å². The third kappa shape index (κ3) is 2.95. The number of likely N-dealkylation sites (tertiary alicyclic amines) is 1. The molecule has 0 aliphatic carbocycles. The van der Waals surface area contributed by atoms with Crippen molar-refractivity contribution in [2.24, 2.45) is 0 Å². The van der Waals surface area contributed by atoms with Crippen LogP contribution in [0.25, 0.3) is 0 Å². The van der Waals surface area contributed by atoms with Crippen molar-refractivity contribution >= 4 is 17.7 Å². The molecule has 1 aromatic carbocycles. The average molecular weight is 368 g/mol. The van der Waals surface area contributed by atoms with Crippen LogP contribution in [0, 0.1) is 0 Å². The van der Waals surface area contributed by atoms with E-state index < -0.39 is 6.04 Å². The van der Waals surface area contributed by atoms with Gasteiger partial charge in [0.2, 0.25) is 11.8 Å². The van der Waals surface area contributed by atoms with Crippen LogP contribution in [0.2, 0.25) is 0 Å². The second-order valence-corrected chi connectivity index (χ2v) is 8.18. The van der Waals surface area contributed by atoms with Crippen LogP contribution in [-0.4, -0.2) is 58.7 Å². The first-order valence-electron chi connectivity index (χ1n) is 9.82. The van der Waals surface area contributed by atoms with Crippen molar-refractivity contribution in [3.63, 3.8) is 0 Å². The minimum Gasteiger partial charge on any atom is -0.322 e. The van der Waals surface area contributed by atoms with Crippen molar-refractivity contribution in [1.29, 1.82) is 0 Å². The Kier molecular flexibility index (Phi) is 4.02. The molecule has 27 heavy (non-hydrogen) atoms. The lowest BCUT2D eigenvalue weighted by molar-refractivity contribution is -0.136. The SMILES string of the molecule is O=C1CCC(N2Cc3cccc(CN4CC5CCC(C4)N5)c3C2=O)C(=O)N1. The maximum Gasteiger partial charge on any atom is 0.255 e. The van der Waals surface area contributed by atoms with Crippen LogP contribution in [0.4, 0.5) is 0 Å². The number of amides is 3. The number of carbonyl (C=O) groups is 3. The zero-order valence-corrected chi connectivity index (χ0v) is 15.2. The molecule has 0 radical (unpaired) electrons. The Morgan fingerprint density at radius 3 is 2.56 bits per heavy atom. The van der Waals surface area contributed by atoms with Gasteiger partial charge in [0, 0.05) is 50.2 Å². The Labute approximate surface area is 158 Å². The molecular formula is C20H24N4O3. The lowest BCUT2D eigenvalue weighted by Gasteiger charge is -2.33. The summed E-state index contributed by atoms with van der Waals surface area (Å²) in [6.07, 6.45) is 3.15. The summed E-state index contributed by atoms with van der Waals surface area (Å²) in [5, 5.41) is 6.00. The second-order valence-electron chi connectivity index (χ2n) is 8.18. The van der Waals surface area contributed by atoms with Gasteiger partial charge in [-0.3, -0.25) is 24.6 Å². The topological polar surface area (TPSA) is 81.8 Å². The monoisotopic (exact) mass is 368 g/mol. The van der Waals surface area contributed by atoms with Crippen molar-refractivity contribution in [2.75, 3.05) is 13.1 Å². The highest BCUT2D eigenvalue weighted by Crippen LogP contribution is 2.31. The Hall–Kier alpha value is -2.25. The van der Waals surface area contributed by atoms with E-state index in [0.29, 0.717) is 25.0 Å². The Morgan fingerprint density at radius 1 is 1.04 bits per heavy atom. The highest BCUT2D eigenvalue weighted by Gasteiger charge is 2.40. The fourth-order valence-electron chi connectivity index (χ4n) is 5.08. The third-order valence-electron chi connectivity index (χ3n) is 6.32. The summed E-state index contributed by atoms with van der Waals surface area (Å²) >= 11 is 0. The zero-order chi connectivity index (χ0) is 18.5. The van der Waals surface area contributed by atoms with Crippen molar-refractivity contribution < 1.29 is 14.4 Å². The van der Waals surface area contributed by atoms with Gasteiger partial charge in [0.25, 0.3) is 5.91 Å². The molecule has 1 aromatic rings. The van der Waals surface area contributed by atoms with E-state index in [1.807, 2.05) is 18.2 Å². The number of carbonyl (C=O) groups excluding carboxylic acids is 3. The molecule has 3 atom stereocenters. The maximum absolute atomic E-state index is 13.2. The molecule has 4 aliphatic rings. The minimum atomic E-state index is -0.550. The molecule has 0 aromatic heterocycles. The number of piperazine rings is 1. The number of benzene rings is 1. The maximum atomic E-state index is 13.2. The number of hydrogen-bond acceptors (Lipinski definition) is 5. The largest absolute Gasteiger partial charge is 0.322 e. The van der Waals surface area contributed by atoms with Gasteiger partial charge in [0.1, 0.15) is 6.04 Å². The summed E-state index contributed by atoms with van der Waals surface area (Å²) in [6, 6.07) is 6.60. The number of fused-ring (bicyclic) bond motifs is 3. The predicted molar refractivity (Wildman–Crippen MR) is 97.7 cm³/mol. The summed E-state index contributed by atoms with van der Waals surface area (Å²) in [7, 11) is 0. The van der Waals surface area contributed by atoms with Gasteiger partial charge in [-0.15, -0.1) is 0 Å². The summed E-state index contributed by atoms with van der Waals surface area (Å²) in [6.45, 7) is 3.25. The molecule has 4 heterocycles. The smallest absolute Gasteiger partial charge is 0.255 e. The van der Waals surface area contributed by atoms with Crippen molar-refractivity contribution in [3.8, 4) is 0 Å². The summed E-state index contributed by atoms with van der Waals surface area (Å²) < 4.78 is 0. The summed E-state index contributed by atoms with van der Waals surface area (Å²) in [4.78, 5) is 40.9. The molecule has 3 fully saturated rings. The highest BCUT2D eigenvalue weighted by atomic mass is 16.2. The van der Waals surface area contributed by atoms with Crippen molar-refractivity contribution in [3.05, 3.63) is 34.9 Å². The van der Waals surface area contributed by atoms with Crippen LogP contribution in [0.1, 0.15) is 47.2 Å². The molecular weight excluding hydrogens is 344 g/mol. The van der Waals surface area contributed by atoms with Crippen LogP contribution in [0.5, 0.6) is 0 Å². The van der Waals surface area contributed by atoms with Gasteiger partial charge < -0.3 is 10.2 Å². The fourth-order valence-corrected chi connectivity index (χ4v) is 5.08. The van der Waals surface area contributed by atoms with Gasteiger partial charge in [-0.1, -0.05) is 18.2 Å². The molecule has 3 saturated heterocycles. The average Bonchev–Trinajstić information content (AvgIpc) is 3.15. The normalized spacial score (nSPS) is 30.6. The molecule has 5 rings (SSSR count). The minimum absolute atomic E-state index is 0.0757. The van der Waals surface area contributed by atoms with Crippen LogP contribution < -0.4 is 10.6 Å². The number of nitrogens with one attached hydrogen (secondary N) is 2. The van der Waals surface area contributed by atoms with Crippen LogP contribution in [0.3, 0.4) is 0 Å². The predicted octanol–water partition coefficient (Wildman–Crippen LogP) is 0.384. The standard InChI is InChI=1S/C20H24N4O3/c25-17-7-6-16(19(26)22-17)24-9-13-3-1-2-12(18(13)20(24)27)8-23-10-14-4-5-15(11-23)21-14/h1-3,14-16,21H,4-11H2,(H,22,25,26). The van der Waals surface area contributed by atoms with Crippen LogP contribution in [-0.2, 0) is 22.7 Å². The van der Waals surface area contributed by atoms with Gasteiger partial charge in [-0.05, 0) is 30.4 Å². The van der Waals surface area contributed by atoms with Gasteiger partial charge in [-0.25, -0.2) is 0 Å². The van der Waals surface area contributed by atoms with E-state index in [4.69, 9.17) is 0 Å². The van der Waals surface area contributed by atoms with Crippen molar-refractivity contribution in [1.82, 2.24) is 20.4 Å². The molecule has 7 heteroatoms. The van der Waals surface area contributed by atoms with Gasteiger partial charge in [0.15, 0.2) is 0 Å². The quantitative estimate of drug-likeness (QED) is 0.754. The van der Waals surface area contributed by atoms with Crippen LogP contribution >= 0.6 is 0 Å². The molecule has 0 saturated carbocycles. The van der Waals surface area contributed by atoms with Crippen LogP contribution in [0.15, 0.2) is 18.2 Å². The van der Waals surface area contributed by atoms with E-state index in [2.05, 4.69) is 15.5 Å². The number of nitrogens with zero attached hydrogens (tertiary/aromatic N) is 2. The van der Waals surface area contributed by atoms with Gasteiger partial charge in [0.05, 0.1) is 0 Å². The molecule has 142 valence electrons. The Balaban J connectivity index is 1.37. The molecule has 7 nitrogen and oxygen atoms in total. The van der Waals surface area contributed by atoms with E-state index in [0.717, 1.165) is 36.3 Å². The van der Waals surface area contributed by atoms with Gasteiger partial charge in [-0.2, -0.15) is 0 Å². The molecule has 2 bridgehead atoms. The zero-order valence-electron chi connectivity index (χ0n) is 15.2.